The second-order valence-electron chi connectivity index (χ2n) is 3.50. The van der Waals surface area contributed by atoms with Crippen molar-refractivity contribution in [1.82, 2.24) is 25.1 Å². The van der Waals surface area contributed by atoms with Crippen LogP contribution >= 0.6 is 0 Å². The number of hydrogen-bond acceptors (Lipinski definition) is 3. The highest BCUT2D eigenvalue weighted by atomic mass is 15.2. The zero-order chi connectivity index (χ0) is 10.7. The van der Waals surface area contributed by atoms with Crippen molar-refractivity contribution in [3.8, 4) is 0 Å². The maximum absolute atomic E-state index is 4.34. The number of likely N-dealkylation sites (N-methyl/N-ethyl adjacent to an activating group) is 1. The monoisotopic (exact) mass is 205 g/mol. The topological polar surface area (TPSA) is 58.5 Å². The molecule has 80 valence electrons. The van der Waals surface area contributed by atoms with E-state index in [4.69, 9.17) is 0 Å². The number of nitrogens with one attached hydrogen (secondary N) is 2. The van der Waals surface area contributed by atoms with Crippen LogP contribution in [0.3, 0.4) is 0 Å². The second kappa shape index (κ2) is 4.27. The Morgan fingerprint density at radius 3 is 3.00 bits per heavy atom. The SMILES string of the molecule is CNC(Cc1ccn(C)n1)c1ncc[nH]1. The van der Waals surface area contributed by atoms with E-state index in [2.05, 4.69) is 20.4 Å². The summed E-state index contributed by atoms with van der Waals surface area (Å²) in [6.07, 6.45) is 6.38. The first-order valence-electron chi connectivity index (χ1n) is 4.94. The number of rotatable bonds is 4. The smallest absolute Gasteiger partial charge is 0.123 e. The van der Waals surface area contributed by atoms with Gasteiger partial charge in [-0.1, -0.05) is 0 Å². The molecule has 0 aliphatic rings. The Kier molecular flexibility index (Phi) is 2.82. The van der Waals surface area contributed by atoms with Crippen LogP contribution in [0.1, 0.15) is 17.6 Å². The Labute approximate surface area is 88.5 Å². The predicted octanol–water partition coefficient (Wildman–Crippen LogP) is 0.646. The summed E-state index contributed by atoms with van der Waals surface area (Å²) in [7, 11) is 3.85. The minimum absolute atomic E-state index is 0.190. The fourth-order valence-electron chi connectivity index (χ4n) is 1.58. The van der Waals surface area contributed by atoms with Gasteiger partial charge in [0.25, 0.3) is 0 Å². The molecule has 0 spiro atoms. The second-order valence-corrected chi connectivity index (χ2v) is 3.50. The van der Waals surface area contributed by atoms with Crippen molar-refractivity contribution in [2.45, 2.75) is 12.5 Å². The Morgan fingerprint density at radius 1 is 1.60 bits per heavy atom. The molecule has 0 aromatic carbocycles. The Bertz CT molecular complexity index is 403. The average Bonchev–Trinajstić information content (AvgIpc) is 2.85. The molecule has 2 heterocycles. The highest BCUT2D eigenvalue weighted by molar-refractivity contribution is 5.06. The summed E-state index contributed by atoms with van der Waals surface area (Å²) in [6.45, 7) is 0. The molecule has 0 aliphatic heterocycles. The first-order chi connectivity index (χ1) is 7.29. The standard InChI is InChI=1S/C10H15N5/c1-11-9(10-12-4-5-13-10)7-8-3-6-15(2)14-8/h3-6,9,11H,7H2,1-2H3,(H,12,13). The van der Waals surface area contributed by atoms with Crippen LogP contribution in [0.25, 0.3) is 0 Å². The van der Waals surface area contributed by atoms with Gasteiger partial charge in [0.15, 0.2) is 0 Å². The van der Waals surface area contributed by atoms with Crippen molar-refractivity contribution in [2.24, 2.45) is 7.05 Å². The van der Waals surface area contributed by atoms with Gasteiger partial charge in [-0.2, -0.15) is 5.10 Å². The fourth-order valence-corrected chi connectivity index (χ4v) is 1.58. The number of aromatic amines is 1. The molecular weight excluding hydrogens is 190 g/mol. The van der Waals surface area contributed by atoms with Gasteiger partial charge in [0, 0.05) is 32.1 Å². The van der Waals surface area contributed by atoms with Crippen LogP contribution in [-0.2, 0) is 13.5 Å². The van der Waals surface area contributed by atoms with Gasteiger partial charge in [0.05, 0.1) is 11.7 Å². The molecule has 5 nitrogen and oxygen atoms in total. The summed E-state index contributed by atoms with van der Waals surface area (Å²) >= 11 is 0. The maximum Gasteiger partial charge on any atom is 0.123 e. The summed E-state index contributed by atoms with van der Waals surface area (Å²) in [4.78, 5) is 7.34. The third-order valence-electron chi connectivity index (χ3n) is 2.38. The molecule has 2 aromatic heterocycles. The summed E-state index contributed by atoms with van der Waals surface area (Å²) in [5.41, 5.74) is 1.06. The van der Waals surface area contributed by atoms with Crippen molar-refractivity contribution in [3.05, 3.63) is 36.2 Å². The van der Waals surface area contributed by atoms with E-state index in [1.807, 2.05) is 37.2 Å². The number of imidazole rings is 1. The van der Waals surface area contributed by atoms with Crippen LogP contribution in [0, 0.1) is 0 Å². The first kappa shape index (κ1) is 9.92. The molecule has 0 radical (unpaired) electrons. The number of H-pyrrole nitrogens is 1. The highest BCUT2D eigenvalue weighted by Crippen LogP contribution is 2.12. The van der Waals surface area contributed by atoms with E-state index in [-0.39, 0.29) is 6.04 Å². The molecule has 0 fully saturated rings. The summed E-state index contributed by atoms with van der Waals surface area (Å²) in [5.74, 6) is 0.947. The third-order valence-corrected chi connectivity index (χ3v) is 2.38. The predicted molar refractivity (Wildman–Crippen MR) is 57.3 cm³/mol. The fraction of sp³-hybridized carbons (Fsp3) is 0.400. The van der Waals surface area contributed by atoms with Gasteiger partial charge in [0.1, 0.15) is 5.82 Å². The third kappa shape index (κ3) is 2.24. The molecule has 15 heavy (non-hydrogen) atoms. The van der Waals surface area contributed by atoms with Gasteiger partial charge in [-0.3, -0.25) is 4.68 Å². The number of aryl methyl sites for hydroxylation is 1. The van der Waals surface area contributed by atoms with Crippen molar-refractivity contribution in [2.75, 3.05) is 7.05 Å². The number of nitrogens with zero attached hydrogens (tertiary/aromatic N) is 3. The lowest BCUT2D eigenvalue weighted by molar-refractivity contribution is 0.551. The Morgan fingerprint density at radius 2 is 2.47 bits per heavy atom. The lowest BCUT2D eigenvalue weighted by Crippen LogP contribution is -2.20. The number of aromatic nitrogens is 4. The molecule has 2 rings (SSSR count). The van der Waals surface area contributed by atoms with Gasteiger partial charge in [0.2, 0.25) is 0 Å². The van der Waals surface area contributed by atoms with E-state index >= 15 is 0 Å². The normalized spacial score (nSPS) is 12.9. The van der Waals surface area contributed by atoms with Crippen LogP contribution < -0.4 is 5.32 Å². The van der Waals surface area contributed by atoms with Crippen molar-refractivity contribution in [3.63, 3.8) is 0 Å². The van der Waals surface area contributed by atoms with Crippen LogP contribution in [-0.4, -0.2) is 26.8 Å². The molecular formula is C10H15N5. The van der Waals surface area contributed by atoms with Gasteiger partial charge in [-0.05, 0) is 13.1 Å². The summed E-state index contributed by atoms with van der Waals surface area (Å²) in [6, 6.07) is 2.21. The minimum atomic E-state index is 0.190. The summed E-state index contributed by atoms with van der Waals surface area (Å²) in [5, 5.41) is 7.56. The highest BCUT2D eigenvalue weighted by Gasteiger charge is 2.13. The first-order valence-corrected chi connectivity index (χ1v) is 4.94. The van der Waals surface area contributed by atoms with E-state index in [0.717, 1.165) is 17.9 Å². The number of hydrogen-bond donors (Lipinski definition) is 2. The zero-order valence-corrected chi connectivity index (χ0v) is 8.94. The molecule has 0 amide bonds. The molecule has 0 aliphatic carbocycles. The zero-order valence-electron chi connectivity index (χ0n) is 8.94. The Balaban J connectivity index is 2.09. The quantitative estimate of drug-likeness (QED) is 0.770. The van der Waals surface area contributed by atoms with E-state index in [9.17, 15) is 0 Å². The molecule has 1 atom stereocenters. The van der Waals surface area contributed by atoms with E-state index < -0.39 is 0 Å². The van der Waals surface area contributed by atoms with Crippen LogP contribution in [0.4, 0.5) is 0 Å². The van der Waals surface area contributed by atoms with E-state index in [0.29, 0.717) is 0 Å². The van der Waals surface area contributed by atoms with E-state index in [1.165, 1.54) is 0 Å². The van der Waals surface area contributed by atoms with Gasteiger partial charge in [-0.15, -0.1) is 0 Å². The van der Waals surface area contributed by atoms with Crippen molar-refractivity contribution >= 4 is 0 Å². The van der Waals surface area contributed by atoms with Crippen molar-refractivity contribution < 1.29 is 0 Å². The lowest BCUT2D eigenvalue weighted by Gasteiger charge is -2.11. The largest absolute Gasteiger partial charge is 0.347 e. The lowest BCUT2D eigenvalue weighted by atomic mass is 10.1. The van der Waals surface area contributed by atoms with Crippen LogP contribution in [0.15, 0.2) is 24.7 Å². The van der Waals surface area contributed by atoms with Gasteiger partial charge < -0.3 is 10.3 Å². The van der Waals surface area contributed by atoms with Crippen LogP contribution in [0.5, 0.6) is 0 Å². The molecule has 2 aromatic rings. The van der Waals surface area contributed by atoms with Crippen molar-refractivity contribution in [1.29, 1.82) is 0 Å². The van der Waals surface area contributed by atoms with Gasteiger partial charge in [-0.25, -0.2) is 4.98 Å². The summed E-state index contributed by atoms with van der Waals surface area (Å²) < 4.78 is 1.81. The molecule has 5 heteroatoms. The molecule has 0 saturated carbocycles. The van der Waals surface area contributed by atoms with Gasteiger partial charge >= 0.3 is 0 Å². The average molecular weight is 205 g/mol. The molecule has 2 N–H and O–H groups in total. The molecule has 0 saturated heterocycles. The Hall–Kier alpha value is -1.62. The maximum atomic E-state index is 4.34. The molecule has 1 unspecified atom stereocenters. The molecule has 0 bridgehead atoms. The van der Waals surface area contributed by atoms with E-state index in [1.54, 1.807) is 6.20 Å². The minimum Gasteiger partial charge on any atom is -0.347 e. The van der Waals surface area contributed by atoms with Crippen LogP contribution in [0.2, 0.25) is 0 Å².